The smallest absolute Gasteiger partial charge is 0.254 e. The van der Waals surface area contributed by atoms with Crippen molar-refractivity contribution < 1.29 is 4.79 Å². The quantitative estimate of drug-likeness (QED) is 0.622. The molecule has 1 aliphatic carbocycles. The zero-order chi connectivity index (χ0) is 18.1. The highest BCUT2D eigenvalue weighted by Gasteiger charge is 2.22. The Morgan fingerprint density at radius 3 is 3.08 bits per heavy atom. The number of aromatic nitrogens is 1. The van der Waals surface area contributed by atoms with E-state index >= 15 is 0 Å². The molecule has 0 spiro atoms. The van der Waals surface area contributed by atoms with Crippen LogP contribution in [0, 0.1) is 5.92 Å². The summed E-state index contributed by atoms with van der Waals surface area (Å²) >= 11 is 1.68. The van der Waals surface area contributed by atoms with Crippen LogP contribution in [0.3, 0.4) is 0 Å². The Morgan fingerprint density at radius 2 is 2.31 bits per heavy atom. The maximum absolute atomic E-state index is 13.1. The first-order chi connectivity index (χ1) is 12.7. The minimum Gasteiger partial charge on any atom is -0.358 e. The van der Waals surface area contributed by atoms with Gasteiger partial charge in [-0.2, -0.15) is 0 Å². The Labute approximate surface area is 158 Å². The molecule has 2 heterocycles. The predicted octanol–water partition coefficient (Wildman–Crippen LogP) is 5.18. The Hall–Kier alpha value is -2.33. The van der Waals surface area contributed by atoms with Crippen LogP contribution >= 0.6 is 11.3 Å². The van der Waals surface area contributed by atoms with Gasteiger partial charge < -0.3 is 9.88 Å². The number of aryl methyl sites for hydroxylation is 1. The fraction of sp³-hybridized carbons (Fsp3) is 0.318. The third kappa shape index (κ3) is 3.21. The van der Waals surface area contributed by atoms with E-state index in [1.807, 2.05) is 22.4 Å². The summed E-state index contributed by atoms with van der Waals surface area (Å²) in [5, 5.41) is 3.26. The fourth-order valence-electron chi connectivity index (χ4n) is 3.87. The van der Waals surface area contributed by atoms with Crippen molar-refractivity contribution in [2.45, 2.75) is 32.7 Å². The van der Waals surface area contributed by atoms with Crippen LogP contribution in [-0.2, 0) is 19.4 Å². The Kier molecular flexibility index (Phi) is 4.68. The molecule has 0 saturated carbocycles. The fourth-order valence-corrected chi connectivity index (χ4v) is 4.59. The average molecular weight is 365 g/mol. The molecule has 3 aromatic rings. The van der Waals surface area contributed by atoms with Crippen molar-refractivity contribution >= 4 is 28.1 Å². The molecule has 1 atom stereocenters. The third-order valence-corrected chi connectivity index (χ3v) is 6.11. The van der Waals surface area contributed by atoms with Crippen molar-refractivity contribution in [2.75, 3.05) is 6.54 Å². The van der Waals surface area contributed by atoms with Crippen LogP contribution in [0.15, 0.2) is 48.4 Å². The van der Waals surface area contributed by atoms with E-state index in [1.165, 1.54) is 27.9 Å². The van der Waals surface area contributed by atoms with Crippen LogP contribution < -0.4 is 0 Å². The van der Waals surface area contributed by atoms with Crippen molar-refractivity contribution in [2.24, 2.45) is 5.92 Å². The number of nitrogens with one attached hydrogen (secondary N) is 1. The van der Waals surface area contributed by atoms with Crippen molar-refractivity contribution in [1.82, 2.24) is 9.88 Å². The molecule has 26 heavy (non-hydrogen) atoms. The molecule has 0 fully saturated rings. The topological polar surface area (TPSA) is 36.1 Å². The van der Waals surface area contributed by atoms with Crippen molar-refractivity contribution in [1.29, 1.82) is 0 Å². The lowest BCUT2D eigenvalue weighted by molar-refractivity contribution is 0.0764. The van der Waals surface area contributed by atoms with E-state index < -0.39 is 0 Å². The largest absolute Gasteiger partial charge is 0.358 e. The lowest BCUT2D eigenvalue weighted by Crippen LogP contribution is -2.30. The highest BCUT2D eigenvalue weighted by molar-refractivity contribution is 7.09. The molecule has 0 aliphatic heterocycles. The second-order valence-electron chi connectivity index (χ2n) is 7.24. The monoisotopic (exact) mass is 364 g/mol. The van der Waals surface area contributed by atoms with Crippen molar-refractivity contribution in [3.63, 3.8) is 0 Å². The second-order valence-corrected chi connectivity index (χ2v) is 8.28. The van der Waals surface area contributed by atoms with Gasteiger partial charge in [0.05, 0.1) is 6.54 Å². The van der Waals surface area contributed by atoms with Gasteiger partial charge in [0.2, 0.25) is 0 Å². The van der Waals surface area contributed by atoms with E-state index in [4.69, 9.17) is 0 Å². The minimum absolute atomic E-state index is 0.0685. The van der Waals surface area contributed by atoms with Gasteiger partial charge in [0.25, 0.3) is 5.91 Å². The lowest BCUT2D eigenvalue weighted by Gasteiger charge is -2.21. The first-order valence-corrected chi connectivity index (χ1v) is 10.1. The molecule has 0 saturated heterocycles. The van der Waals surface area contributed by atoms with Gasteiger partial charge in [-0.15, -0.1) is 17.9 Å². The number of carbonyl (C=O) groups excluding carboxylic acids is 1. The number of carbonyl (C=O) groups is 1. The van der Waals surface area contributed by atoms with Gasteiger partial charge in [0.1, 0.15) is 0 Å². The Morgan fingerprint density at radius 1 is 1.42 bits per heavy atom. The summed E-state index contributed by atoms with van der Waals surface area (Å²) in [7, 11) is 0. The summed E-state index contributed by atoms with van der Waals surface area (Å²) in [6.07, 6.45) is 5.23. The van der Waals surface area contributed by atoms with E-state index in [9.17, 15) is 4.79 Å². The van der Waals surface area contributed by atoms with Gasteiger partial charge in [-0.1, -0.05) is 19.1 Å². The number of nitrogens with zero attached hydrogens (tertiary/aromatic N) is 1. The number of hydrogen-bond donors (Lipinski definition) is 1. The number of fused-ring (bicyclic) bond motifs is 3. The second kappa shape index (κ2) is 7.12. The van der Waals surface area contributed by atoms with E-state index in [-0.39, 0.29) is 5.91 Å². The van der Waals surface area contributed by atoms with E-state index in [0.29, 0.717) is 19.0 Å². The SMILES string of the molecule is C=CCN(Cc1cccs1)C(=O)c1ccc2[nH]c3c(c2c1)CC(C)CC3. The standard InChI is InChI=1S/C22H24N2OS/c1-3-10-24(14-17-5-4-11-26-17)22(25)16-7-9-21-19(13-16)18-12-15(2)6-8-20(18)23-21/h3-5,7,9,11,13,15,23H,1,6,8,10,12,14H2,2H3. The molecule has 1 N–H and O–H groups in total. The van der Waals surface area contributed by atoms with Crippen LogP contribution in [0.2, 0.25) is 0 Å². The molecule has 134 valence electrons. The normalized spacial score (nSPS) is 16.4. The average Bonchev–Trinajstić information content (AvgIpc) is 3.27. The summed E-state index contributed by atoms with van der Waals surface area (Å²) in [5.74, 6) is 0.774. The van der Waals surface area contributed by atoms with Crippen LogP contribution in [0.4, 0.5) is 0 Å². The summed E-state index contributed by atoms with van der Waals surface area (Å²) < 4.78 is 0. The van der Waals surface area contributed by atoms with Gasteiger partial charge in [0, 0.05) is 33.6 Å². The predicted molar refractivity (Wildman–Crippen MR) is 109 cm³/mol. The molecule has 1 unspecified atom stereocenters. The molecule has 1 amide bonds. The van der Waals surface area contributed by atoms with Gasteiger partial charge >= 0.3 is 0 Å². The summed E-state index contributed by atoms with van der Waals surface area (Å²) in [5.41, 5.74) is 4.66. The first-order valence-electron chi connectivity index (χ1n) is 9.21. The number of amides is 1. The van der Waals surface area contributed by atoms with Gasteiger partial charge in [0.15, 0.2) is 0 Å². The number of aromatic amines is 1. The van der Waals surface area contributed by atoms with Crippen molar-refractivity contribution in [3.05, 3.63) is 70.1 Å². The minimum atomic E-state index is 0.0685. The number of H-pyrrole nitrogens is 1. The molecule has 2 aromatic heterocycles. The van der Waals surface area contributed by atoms with Crippen LogP contribution in [0.1, 0.15) is 39.8 Å². The number of rotatable bonds is 5. The van der Waals surface area contributed by atoms with E-state index in [2.05, 4.69) is 36.7 Å². The molecule has 0 radical (unpaired) electrons. The first kappa shape index (κ1) is 17.1. The van der Waals surface area contributed by atoms with E-state index in [0.717, 1.165) is 23.9 Å². The van der Waals surface area contributed by atoms with E-state index in [1.54, 1.807) is 17.4 Å². The molecule has 1 aromatic carbocycles. The third-order valence-electron chi connectivity index (χ3n) is 5.24. The Balaban J connectivity index is 1.67. The molecular formula is C22H24N2OS. The number of thiophene rings is 1. The zero-order valence-electron chi connectivity index (χ0n) is 15.1. The van der Waals surface area contributed by atoms with Gasteiger partial charge in [-0.05, 0) is 60.4 Å². The van der Waals surface area contributed by atoms with Crippen LogP contribution in [-0.4, -0.2) is 22.3 Å². The highest BCUT2D eigenvalue weighted by Crippen LogP contribution is 2.32. The molecule has 4 rings (SSSR count). The molecule has 3 nitrogen and oxygen atoms in total. The van der Waals surface area contributed by atoms with Gasteiger partial charge in [-0.3, -0.25) is 4.79 Å². The van der Waals surface area contributed by atoms with Gasteiger partial charge in [-0.25, -0.2) is 0 Å². The highest BCUT2D eigenvalue weighted by atomic mass is 32.1. The molecule has 0 bridgehead atoms. The number of benzene rings is 1. The zero-order valence-corrected chi connectivity index (χ0v) is 15.9. The summed E-state index contributed by atoms with van der Waals surface area (Å²) in [6.45, 7) is 7.31. The molecule has 1 aliphatic rings. The Bertz CT molecular complexity index is 939. The molecule has 4 heteroatoms. The number of hydrogen-bond acceptors (Lipinski definition) is 2. The molecular weight excluding hydrogens is 340 g/mol. The van der Waals surface area contributed by atoms with Crippen LogP contribution in [0.5, 0.6) is 0 Å². The summed E-state index contributed by atoms with van der Waals surface area (Å²) in [4.78, 5) is 19.7. The summed E-state index contributed by atoms with van der Waals surface area (Å²) in [6, 6.07) is 10.2. The maximum atomic E-state index is 13.1. The maximum Gasteiger partial charge on any atom is 0.254 e. The lowest BCUT2D eigenvalue weighted by atomic mass is 9.87. The van der Waals surface area contributed by atoms with Crippen LogP contribution in [0.25, 0.3) is 10.9 Å². The van der Waals surface area contributed by atoms with Crippen molar-refractivity contribution in [3.8, 4) is 0 Å².